The second-order valence-electron chi connectivity index (χ2n) is 5.56. The molecule has 0 radical (unpaired) electrons. The lowest BCUT2D eigenvalue weighted by molar-refractivity contribution is -0.119. The van der Waals surface area contributed by atoms with E-state index in [4.69, 9.17) is 5.73 Å². The van der Waals surface area contributed by atoms with E-state index in [2.05, 4.69) is 11.0 Å². The van der Waals surface area contributed by atoms with E-state index in [9.17, 15) is 4.79 Å². The summed E-state index contributed by atoms with van der Waals surface area (Å²) < 4.78 is 0. The molecule has 19 heavy (non-hydrogen) atoms. The smallest absolute Gasteiger partial charge is 0.241 e. The number of benzene rings is 1. The molecule has 1 amide bonds. The van der Waals surface area contributed by atoms with Crippen LogP contribution in [0.2, 0.25) is 0 Å². The number of nitrogens with zero attached hydrogens (tertiary/aromatic N) is 2. The van der Waals surface area contributed by atoms with Gasteiger partial charge in [0.2, 0.25) is 5.91 Å². The van der Waals surface area contributed by atoms with Crippen molar-refractivity contribution >= 4 is 11.6 Å². The van der Waals surface area contributed by atoms with Gasteiger partial charge in [0.05, 0.1) is 6.54 Å². The maximum atomic E-state index is 12.4. The first kappa shape index (κ1) is 12.6. The van der Waals surface area contributed by atoms with Gasteiger partial charge in [-0.3, -0.25) is 9.69 Å². The molecule has 2 aliphatic rings. The average molecular weight is 259 g/mol. The Morgan fingerprint density at radius 2 is 2.16 bits per heavy atom. The summed E-state index contributed by atoms with van der Waals surface area (Å²) in [5.41, 5.74) is 8.34. The van der Waals surface area contributed by atoms with E-state index < -0.39 is 0 Å². The summed E-state index contributed by atoms with van der Waals surface area (Å²) >= 11 is 0. The van der Waals surface area contributed by atoms with Crippen LogP contribution in [0.25, 0.3) is 0 Å². The van der Waals surface area contributed by atoms with E-state index >= 15 is 0 Å². The zero-order chi connectivity index (χ0) is 13.2. The summed E-state index contributed by atoms with van der Waals surface area (Å²) in [6.45, 7) is 3.16. The van der Waals surface area contributed by atoms with Gasteiger partial charge in [-0.1, -0.05) is 18.2 Å². The first-order valence-corrected chi connectivity index (χ1v) is 7.10. The number of likely N-dealkylation sites (tertiary alicyclic amines) is 1. The summed E-state index contributed by atoms with van der Waals surface area (Å²) in [5.74, 6) is 0.207. The van der Waals surface area contributed by atoms with E-state index in [1.54, 1.807) is 0 Å². The molecule has 0 bridgehead atoms. The Balaban J connectivity index is 1.65. The first-order chi connectivity index (χ1) is 9.24. The molecule has 1 fully saturated rings. The van der Waals surface area contributed by atoms with E-state index in [1.165, 1.54) is 5.56 Å². The fourth-order valence-electron chi connectivity index (χ4n) is 3.11. The summed E-state index contributed by atoms with van der Waals surface area (Å²) in [7, 11) is 0. The fourth-order valence-corrected chi connectivity index (χ4v) is 3.11. The third-order valence-corrected chi connectivity index (χ3v) is 4.09. The molecule has 0 aromatic heterocycles. The number of anilines is 1. The molecule has 1 saturated heterocycles. The van der Waals surface area contributed by atoms with Crippen molar-refractivity contribution in [2.24, 2.45) is 5.73 Å². The predicted molar refractivity (Wildman–Crippen MR) is 76.1 cm³/mol. The Bertz CT molecular complexity index is 474. The van der Waals surface area contributed by atoms with E-state index in [-0.39, 0.29) is 11.9 Å². The molecule has 3 rings (SSSR count). The summed E-state index contributed by atoms with van der Waals surface area (Å²) in [6, 6.07) is 8.42. The van der Waals surface area contributed by atoms with Gasteiger partial charge < -0.3 is 10.6 Å². The fraction of sp³-hybridized carbons (Fsp3) is 0.533. The molecule has 1 atom stereocenters. The highest BCUT2D eigenvalue weighted by Gasteiger charge is 2.26. The third-order valence-electron chi connectivity index (χ3n) is 4.09. The zero-order valence-corrected chi connectivity index (χ0v) is 11.2. The first-order valence-electron chi connectivity index (χ1n) is 7.10. The highest BCUT2D eigenvalue weighted by molar-refractivity contribution is 5.96. The molecule has 1 aromatic rings. The van der Waals surface area contributed by atoms with Crippen LogP contribution in [0.15, 0.2) is 24.3 Å². The molecular weight excluding hydrogens is 238 g/mol. The van der Waals surface area contributed by atoms with Crippen LogP contribution in [0.4, 0.5) is 5.69 Å². The predicted octanol–water partition coefficient (Wildman–Crippen LogP) is 0.999. The van der Waals surface area contributed by atoms with Crippen molar-refractivity contribution in [1.29, 1.82) is 0 Å². The Hall–Kier alpha value is -1.39. The highest BCUT2D eigenvalue weighted by atomic mass is 16.2. The lowest BCUT2D eigenvalue weighted by Gasteiger charge is -2.31. The molecule has 0 saturated carbocycles. The SMILES string of the molecule is N[C@@H]1CCCN(CC(=O)N2CCc3ccccc32)C1. The topological polar surface area (TPSA) is 49.6 Å². The van der Waals surface area contributed by atoms with Crippen LogP contribution >= 0.6 is 0 Å². The maximum absolute atomic E-state index is 12.4. The zero-order valence-electron chi connectivity index (χ0n) is 11.2. The Morgan fingerprint density at radius 3 is 3.00 bits per heavy atom. The van der Waals surface area contributed by atoms with E-state index in [0.29, 0.717) is 6.54 Å². The molecular formula is C15H21N3O. The van der Waals surface area contributed by atoms with Crippen molar-refractivity contribution in [3.05, 3.63) is 29.8 Å². The van der Waals surface area contributed by atoms with Crippen LogP contribution in [0, 0.1) is 0 Å². The van der Waals surface area contributed by atoms with Crippen molar-refractivity contribution < 1.29 is 4.79 Å². The Labute approximate surface area is 114 Å². The number of rotatable bonds is 2. The Kier molecular flexibility index (Phi) is 3.53. The second-order valence-corrected chi connectivity index (χ2v) is 5.56. The number of amides is 1. The van der Waals surface area contributed by atoms with Gasteiger partial charge in [0, 0.05) is 24.8 Å². The summed E-state index contributed by atoms with van der Waals surface area (Å²) in [4.78, 5) is 16.5. The van der Waals surface area contributed by atoms with Crippen LogP contribution in [-0.4, -0.2) is 43.0 Å². The lowest BCUT2D eigenvalue weighted by atomic mass is 10.1. The molecule has 2 aliphatic heterocycles. The van der Waals surface area contributed by atoms with Gasteiger partial charge in [0.15, 0.2) is 0 Å². The van der Waals surface area contributed by atoms with Crippen LogP contribution in [0.1, 0.15) is 18.4 Å². The van der Waals surface area contributed by atoms with Gasteiger partial charge in [-0.15, -0.1) is 0 Å². The van der Waals surface area contributed by atoms with E-state index in [0.717, 1.165) is 44.6 Å². The number of hydrogen-bond acceptors (Lipinski definition) is 3. The van der Waals surface area contributed by atoms with Gasteiger partial charge >= 0.3 is 0 Å². The van der Waals surface area contributed by atoms with Crippen molar-refractivity contribution in [3.8, 4) is 0 Å². The van der Waals surface area contributed by atoms with Gasteiger partial charge in [-0.25, -0.2) is 0 Å². The Morgan fingerprint density at radius 1 is 1.32 bits per heavy atom. The minimum Gasteiger partial charge on any atom is -0.327 e. The summed E-state index contributed by atoms with van der Waals surface area (Å²) in [6.07, 6.45) is 3.16. The molecule has 0 spiro atoms. The molecule has 102 valence electrons. The van der Waals surface area contributed by atoms with Crippen LogP contribution in [0.3, 0.4) is 0 Å². The van der Waals surface area contributed by atoms with Gasteiger partial charge in [0.25, 0.3) is 0 Å². The number of fused-ring (bicyclic) bond motifs is 1. The van der Waals surface area contributed by atoms with Crippen LogP contribution in [-0.2, 0) is 11.2 Å². The van der Waals surface area contributed by atoms with E-state index in [1.807, 2.05) is 23.1 Å². The lowest BCUT2D eigenvalue weighted by Crippen LogP contribution is -2.47. The highest BCUT2D eigenvalue weighted by Crippen LogP contribution is 2.27. The number of para-hydroxylation sites is 1. The molecule has 0 aliphatic carbocycles. The van der Waals surface area contributed by atoms with Crippen molar-refractivity contribution in [2.45, 2.75) is 25.3 Å². The number of carbonyl (C=O) groups excluding carboxylic acids is 1. The normalized spacial score (nSPS) is 23.4. The minimum atomic E-state index is 0.207. The number of carbonyl (C=O) groups is 1. The number of piperidine rings is 1. The monoisotopic (exact) mass is 259 g/mol. The number of nitrogens with two attached hydrogens (primary N) is 1. The molecule has 2 heterocycles. The third kappa shape index (κ3) is 2.65. The standard InChI is InChI=1S/C15H21N3O/c16-13-5-3-8-17(10-13)11-15(19)18-9-7-12-4-1-2-6-14(12)18/h1-2,4,6,13H,3,5,7-11,16H2/t13-/m1/s1. The maximum Gasteiger partial charge on any atom is 0.241 e. The van der Waals surface area contributed by atoms with Crippen molar-refractivity contribution in [3.63, 3.8) is 0 Å². The van der Waals surface area contributed by atoms with Crippen LogP contribution in [0.5, 0.6) is 0 Å². The molecule has 2 N–H and O–H groups in total. The summed E-state index contributed by atoms with van der Waals surface area (Å²) in [5, 5.41) is 0. The van der Waals surface area contributed by atoms with Gasteiger partial charge in [0.1, 0.15) is 0 Å². The van der Waals surface area contributed by atoms with Gasteiger partial charge in [-0.05, 0) is 37.4 Å². The van der Waals surface area contributed by atoms with Crippen LogP contribution < -0.4 is 10.6 Å². The van der Waals surface area contributed by atoms with Gasteiger partial charge in [-0.2, -0.15) is 0 Å². The van der Waals surface area contributed by atoms with Crippen molar-refractivity contribution in [1.82, 2.24) is 4.90 Å². The van der Waals surface area contributed by atoms with Crippen molar-refractivity contribution in [2.75, 3.05) is 31.1 Å². The molecule has 4 heteroatoms. The molecule has 0 unspecified atom stereocenters. The molecule has 4 nitrogen and oxygen atoms in total. The largest absolute Gasteiger partial charge is 0.327 e. The second kappa shape index (κ2) is 5.31. The average Bonchev–Trinajstić information content (AvgIpc) is 2.82. The number of hydrogen-bond donors (Lipinski definition) is 1. The minimum absolute atomic E-state index is 0.207. The quantitative estimate of drug-likeness (QED) is 0.862. The molecule has 1 aromatic carbocycles.